The fourth-order valence-electron chi connectivity index (χ4n) is 11.4. The number of aromatic nitrogens is 4. The summed E-state index contributed by atoms with van der Waals surface area (Å²) in [7, 11) is 0. The first kappa shape index (κ1) is 77.4. The molecule has 0 spiro atoms. The third kappa shape index (κ3) is 20.6. The number of ether oxygens (including phenoxy) is 4. The molecule has 21 heteroatoms. The number of benzene rings is 6. The summed E-state index contributed by atoms with van der Waals surface area (Å²) >= 11 is 3.19. The summed E-state index contributed by atoms with van der Waals surface area (Å²) in [6.45, 7) is 18.8. The van der Waals surface area contributed by atoms with Gasteiger partial charge in [-0.25, -0.2) is 29.4 Å². The monoisotopic (exact) mass is 1390 g/mol. The van der Waals surface area contributed by atoms with Gasteiger partial charge in [0.25, 0.3) is 0 Å². The van der Waals surface area contributed by atoms with Crippen LogP contribution >= 0.6 is 22.7 Å². The third-order valence-electron chi connectivity index (χ3n) is 16.9. The molecule has 0 radical (unpaired) electrons. The fraction of sp³-hybridized carbons (Fsp3) is 0.329. The lowest BCUT2D eigenvalue weighted by Crippen LogP contribution is -2.40. The Hall–Kier alpha value is -9.93. The van der Waals surface area contributed by atoms with Crippen molar-refractivity contribution in [3.8, 4) is 32.6 Å². The zero-order chi connectivity index (χ0) is 68.0. The van der Waals surface area contributed by atoms with Crippen LogP contribution in [-0.4, -0.2) is 117 Å². The summed E-state index contributed by atoms with van der Waals surface area (Å²) in [5.41, 5.74) is 10.8. The van der Waals surface area contributed by atoms with Gasteiger partial charge in [-0.3, -0.25) is 19.3 Å². The second kappa shape index (κ2) is 38.4. The highest BCUT2D eigenvalue weighted by Gasteiger charge is 2.41. The molecule has 1 N–H and O–H groups in total. The lowest BCUT2D eigenvalue weighted by atomic mass is 9.91. The predicted molar refractivity (Wildman–Crippen MR) is 393 cm³/mol. The zero-order valence-corrected chi connectivity index (χ0v) is 57.0. The van der Waals surface area contributed by atoms with Crippen molar-refractivity contribution in [1.82, 2.24) is 40.3 Å². The van der Waals surface area contributed by atoms with Crippen LogP contribution in [0.5, 0.6) is 11.5 Å². The molecule has 2 aliphatic heterocycles. The first-order valence-corrected chi connectivity index (χ1v) is 34.3. The van der Waals surface area contributed by atoms with Gasteiger partial charge in [0.15, 0.2) is 0 Å². The second-order valence-corrected chi connectivity index (χ2v) is 25.5. The molecular weight excluding hydrogens is 1300 g/mol. The van der Waals surface area contributed by atoms with E-state index >= 15 is 0 Å². The number of amides is 4. The molecule has 4 atom stereocenters. The number of thiazole rings is 2. The van der Waals surface area contributed by atoms with Crippen molar-refractivity contribution in [3.05, 3.63) is 248 Å². The number of nitrogens with one attached hydrogen (secondary N) is 1. The summed E-state index contributed by atoms with van der Waals surface area (Å²) in [4.78, 5) is 79.8. The highest BCUT2D eigenvalue weighted by molar-refractivity contribution is 7.15. The van der Waals surface area contributed by atoms with Gasteiger partial charge in [-0.1, -0.05) is 194 Å². The van der Waals surface area contributed by atoms with Crippen molar-refractivity contribution in [1.29, 1.82) is 0 Å². The molecule has 6 heterocycles. The largest absolute Gasteiger partial charge is 0.488 e. The number of nitrogens with zero attached hydrogens (tertiary/aromatic N) is 7. The summed E-state index contributed by atoms with van der Waals surface area (Å²) in [5, 5.41) is 13.2. The molecule has 0 bridgehead atoms. The van der Waals surface area contributed by atoms with Crippen molar-refractivity contribution < 1.29 is 52.0 Å². The molecule has 2 aliphatic rings. The number of rotatable bonds is 27. The van der Waals surface area contributed by atoms with E-state index in [-0.39, 0.29) is 72.2 Å². The van der Waals surface area contributed by atoms with Crippen LogP contribution in [0.25, 0.3) is 21.1 Å². The zero-order valence-electron chi connectivity index (χ0n) is 55.3. The van der Waals surface area contributed by atoms with E-state index in [2.05, 4.69) is 77.5 Å². The molecule has 2 saturated heterocycles. The van der Waals surface area contributed by atoms with Gasteiger partial charge in [0.1, 0.15) is 66.8 Å². The molecule has 10 aromatic rings. The van der Waals surface area contributed by atoms with Crippen molar-refractivity contribution >= 4 is 53.0 Å². The van der Waals surface area contributed by atoms with E-state index in [0.29, 0.717) is 54.5 Å². The number of hydrogen-bond acceptors (Lipinski definition) is 19. The summed E-state index contributed by atoms with van der Waals surface area (Å²) in [5.74, 6) is -0.139. The fourth-order valence-corrected chi connectivity index (χ4v) is 13.4. The number of cyclic esters (lactones) is 2. The van der Waals surface area contributed by atoms with E-state index in [1.165, 1.54) is 27.9 Å². The van der Waals surface area contributed by atoms with Crippen LogP contribution < -0.4 is 14.8 Å². The van der Waals surface area contributed by atoms with Crippen LogP contribution in [0, 0.1) is 13.8 Å². The number of carbonyl (C=O) groups is 5. The lowest BCUT2D eigenvalue weighted by Gasteiger charge is -2.22. The summed E-state index contributed by atoms with van der Waals surface area (Å²) < 4.78 is 33.1. The molecular formula is C79H92N8O11S2. The summed E-state index contributed by atoms with van der Waals surface area (Å²) in [6.07, 6.45) is 3.63. The van der Waals surface area contributed by atoms with Gasteiger partial charge in [0.2, 0.25) is 11.8 Å². The minimum absolute atomic E-state index is 0. The van der Waals surface area contributed by atoms with Crippen LogP contribution in [0.4, 0.5) is 9.59 Å². The van der Waals surface area contributed by atoms with Crippen LogP contribution in [0.15, 0.2) is 191 Å². The first-order valence-electron chi connectivity index (χ1n) is 32.6. The number of aldehydes is 1. The molecule has 100 heavy (non-hydrogen) atoms. The molecule has 19 nitrogen and oxygen atoms in total. The number of imide groups is 2. The average molecular weight is 1390 g/mol. The van der Waals surface area contributed by atoms with E-state index < -0.39 is 24.0 Å². The van der Waals surface area contributed by atoms with Crippen molar-refractivity contribution in [2.24, 2.45) is 0 Å². The average Bonchev–Trinajstić information content (AvgIpc) is 1.54. The topological polar surface area (TPSA) is 222 Å². The highest BCUT2D eigenvalue weighted by Crippen LogP contribution is 2.36. The predicted octanol–water partition coefficient (Wildman–Crippen LogP) is 16.8. The Kier molecular flexibility index (Phi) is 29.8. The van der Waals surface area contributed by atoms with Gasteiger partial charge in [-0.2, -0.15) is 0 Å². The quantitative estimate of drug-likeness (QED) is 0.0473. The van der Waals surface area contributed by atoms with Crippen LogP contribution in [0.3, 0.4) is 0 Å². The maximum Gasteiger partial charge on any atom is 0.416 e. The van der Waals surface area contributed by atoms with Crippen LogP contribution in [0.1, 0.15) is 145 Å². The Morgan fingerprint density at radius 2 is 0.970 bits per heavy atom. The second-order valence-electron chi connectivity index (χ2n) is 23.4. The van der Waals surface area contributed by atoms with E-state index in [0.717, 1.165) is 104 Å². The molecule has 4 amide bonds. The lowest BCUT2D eigenvalue weighted by molar-refractivity contribution is -0.130. The molecule has 12 rings (SSSR count). The van der Waals surface area contributed by atoms with Gasteiger partial charge in [0.05, 0.1) is 44.6 Å². The number of hydrogen-bond donors (Lipinski definition) is 1. The minimum Gasteiger partial charge on any atom is -0.488 e. The smallest absolute Gasteiger partial charge is 0.416 e. The Balaban J connectivity index is 0.000000257. The number of aryl methyl sites for hydroxylation is 2. The van der Waals surface area contributed by atoms with Gasteiger partial charge < -0.3 is 33.3 Å². The van der Waals surface area contributed by atoms with Crippen molar-refractivity contribution in [2.45, 2.75) is 133 Å². The van der Waals surface area contributed by atoms with E-state index in [9.17, 15) is 24.0 Å². The van der Waals surface area contributed by atoms with Gasteiger partial charge in [0, 0.05) is 60.0 Å². The van der Waals surface area contributed by atoms with Gasteiger partial charge >= 0.3 is 12.2 Å². The highest BCUT2D eigenvalue weighted by atomic mass is 32.1. The third-order valence-corrected chi connectivity index (χ3v) is 19.2. The van der Waals surface area contributed by atoms with E-state index in [4.69, 9.17) is 33.0 Å². The van der Waals surface area contributed by atoms with Crippen molar-refractivity contribution in [3.63, 3.8) is 0 Å². The Labute approximate surface area is 595 Å². The SMILES string of the molecule is C.C.C.CCN(CC)Cc1ccc(-c2nc(C)c(COc3ccc([C@H](CC(=O)N4C(=O)OC[C@@H]4Cc4ccccc4)c4ccon4)cc3)s2)cc1.CCNCC.Cc1nc(-c2ccc(C=O)cc2)sc1COc1ccc([C@H](CC(=O)N2C(=O)OC[C@@H]2Cc2ccccc2)c2ccon2)cc1. The van der Waals surface area contributed by atoms with Gasteiger partial charge in [-0.15, -0.1) is 22.7 Å². The first-order chi connectivity index (χ1) is 47.3. The normalized spacial score (nSPS) is 14.3. The van der Waals surface area contributed by atoms with Gasteiger partial charge in [-0.05, 0) is 105 Å². The molecule has 2 fully saturated rings. The molecule has 526 valence electrons. The van der Waals surface area contributed by atoms with E-state index in [1.807, 2.05) is 135 Å². The van der Waals surface area contributed by atoms with Crippen molar-refractivity contribution in [2.75, 3.05) is 39.4 Å². The van der Waals surface area contributed by atoms with Crippen LogP contribution in [-0.2, 0) is 51.7 Å². The van der Waals surface area contributed by atoms with E-state index in [1.54, 1.807) is 46.9 Å². The summed E-state index contributed by atoms with van der Waals surface area (Å²) in [6, 6.07) is 53.3. The maximum absolute atomic E-state index is 13.6. The number of carbonyl (C=O) groups excluding carboxylic acids is 5. The molecule has 0 unspecified atom stereocenters. The molecule has 4 aromatic heterocycles. The standard InChI is InChI=1S/C38H40N4O5S.C34H29N3O6S.C4H11N.3CH4/c1-4-41(5-2)23-28-11-13-30(14-12-28)37-39-26(3)35(48-37)25-45-32-17-15-29(16-18-32)33(34-19-20-47-40-34)22-36(43)42-31(24-46-38(42)44)21-27-9-7-6-8-10-27;1-22-31(44-33(35-22)26-9-7-24(19-38)8-10-26)21-41-28-13-11-25(12-14-28)29(30-15-16-43-36-30)18-32(39)37-27(20-42-34(37)40)17-23-5-3-2-4-6-23;1-3-5-4-2;;;/h6-20,31,33H,4-5,21-25H2,1-3H3;2-16,19,27,29H,17-18,20-21H2,1H3;5H,3-4H2,1-2H3;3*1H4/t31-,33-;27-,29-;;;;/m00..../s1. The Bertz CT molecular complexity index is 4110. The molecule has 0 aliphatic carbocycles. The maximum atomic E-state index is 13.6. The Morgan fingerprint density at radius 3 is 1.33 bits per heavy atom. The molecule has 0 saturated carbocycles. The minimum atomic E-state index is -0.627. The Morgan fingerprint density at radius 1 is 0.560 bits per heavy atom. The van der Waals surface area contributed by atoms with Crippen LogP contribution in [0.2, 0.25) is 0 Å². The molecule has 6 aromatic carbocycles.